The van der Waals surface area contributed by atoms with E-state index >= 15 is 0 Å². The summed E-state index contributed by atoms with van der Waals surface area (Å²) < 4.78 is 0. The normalized spacial score (nSPS) is 15.8. The minimum Gasteiger partial charge on any atom is -0.317 e. The number of hydrogen-bond acceptors (Lipinski definition) is 3. The second-order valence-electron chi connectivity index (χ2n) is 5.37. The number of rotatable bonds is 2. The largest absolute Gasteiger partial charge is 0.317 e. The van der Waals surface area contributed by atoms with Crippen molar-refractivity contribution in [3.8, 4) is 6.07 Å². The summed E-state index contributed by atoms with van der Waals surface area (Å²) in [6.45, 7) is 0. The summed E-state index contributed by atoms with van der Waals surface area (Å²) in [7, 11) is 1.72. The lowest BCUT2D eigenvalue weighted by molar-refractivity contribution is -0.114. The molecule has 1 heterocycles. The number of nitriles is 1. The molecule has 0 N–H and O–H groups in total. The summed E-state index contributed by atoms with van der Waals surface area (Å²) in [6.07, 6.45) is 1.72. The topological polar surface area (TPSA) is 47.3 Å². The van der Waals surface area contributed by atoms with Gasteiger partial charge in [-0.2, -0.15) is 5.26 Å². The molecule has 0 aliphatic carbocycles. The van der Waals surface area contributed by atoms with Gasteiger partial charge in [-0.15, -0.1) is 0 Å². The van der Waals surface area contributed by atoms with E-state index in [1.807, 2.05) is 0 Å². The van der Waals surface area contributed by atoms with E-state index in [0.29, 0.717) is 32.1 Å². The molecule has 2 aromatic rings. The molecular weight excluding hydrogens is 377 g/mol. The van der Waals surface area contributed by atoms with Crippen molar-refractivity contribution in [2.24, 2.45) is 0 Å². The summed E-state index contributed by atoms with van der Waals surface area (Å²) in [5.41, 5.74) is 2.29. The van der Waals surface area contributed by atoms with Gasteiger partial charge in [0.1, 0.15) is 5.70 Å². The number of hydrogen-bond donors (Lipinski definition) is 0. The molecule has 1 fully saturated rings. The van der Waals surface area contributed by atoms with Crippen molar-refractivity contribution in [2.75, 3.05) is 11.9 Å². The van der Waals surface area contributed by atoms with Crippen molar-refractivity contribution in [3.63, 3.8) is 0 Å². The maximum Gasteiger partial charge on any atom is 0.281 e. The van der Waals surface area contributed by atoms with Crippen molar-refractivity contribution < 1.29 is 4.79 Å². The van der Waals surface area contributed by atoms with Crippen LogP contribution in [0, 0.1) is 11.3 Å². The second kappa shape index (κ2) is 6.85. The molecule has 2 aromatic carbocycles. The van der Waals surface area contributed by atoms with Crippen LogP contribution >= 0.6 is 35.4 Å². The van der Waals surface area contributed by atoms with Crippen molar-refractivity contribution >= 4 is 58.2 Å². The number of carbonyl (C=O) groups excluding carboxylic acids is 1. The van der Waals surface area contributed by atoms with Gasteiger partial charge in [0.05, 0.1) is 17.3 Å². The first kappa shape index (κ1) is 17.4. The Hall–Kier alpha value is -2.39. The molecule has 4 nitrogen and oxygen atoms in total. The third-order valence-electron chi connectivity index (χ3n) is 3.71. The number of likely N-dealkylation sites (N-methyl/N-ethyl adjacent to an activating group) is 1. The molecule has 0 unspecified atom stereocenters. The Morgan fingerprint density at radius 3 is 2.28 bits per heavy atom. The minimum atomic E-state index is -0.268. The van der Waals surface area contributed by atoms with Crippen molar-refractivity contribution in [2.45, 2.75) is 0 Å². The highest BCUT2D eigenvalue weighted by Crippen LogP contribution is 2.31. The third kappa shape index (κ3) is 3.38. The van der Waals surface area contributed by atoms with Crippen LogP contribution in [0.15, 0.2) is 48.2 Å². The Balaban J connectivity index is 2.00. The van der Waals surface area contributed by atoms with Crippen LogP contribution in [0.5, 0.6) is 0 Å². The first-order valence-corrected chi connectivity index (χ1v) is 8.37. The van der Waals surface area contributed by atoms with Crippen LogP contribution in [-0.4, -0.2) is 23.0 Å². The van der Waals surface area contributed by atoms with Gasteiger partial charge in [0.2, 0.25) is 0 Å². The summed E-state index contributed by atoms with van der Waals surface area (Å²) in [4.78, 5) is 15.9. The Kier molecular flexibility index (Phi) is 4.78. The van der Waals surface area contributed by atoms with Crippen LogP contribution in [0.2, 0.25) is 10.0 Å². The maximum absolute atomic E-state index is 12.9. The Bertz CT molecular complexity index is 928. The van der Waals surface area contributed by atoms with Crippen molar-refractivity contribution in [1.29, 1.82) is 5.26 Å². The number of anilines is 1. The molecule has 25 heavy (non-hydrogen) atoms. The van der Waals surface area contributed by atoms with Gasteiger partial charge in [-0.3, -0.25) is 9.69 Å². The van der Waals surface area contributed by atoms with Crippen LogP contribution < -0.4 is 4.90 Å². The average Bonchev–Trinajstić information content (AvgIpc) is 2.78. The lowest BCUT2D eigenvalue weighted by Gasteiger charge is -2.17. The highest BCUT2D eigenvalue weighted by atomic mass is 35.5. The third-order valence-corrected chi connectivity index (χ3v) is 4.60. The summed E-state index contributed by atoms with van der Waals surface area (Å²) >= 11 is 17.5. The van der Waals surface area contributed by atoms with E-state index in [4.69, 9.17) is 40.7 Å². The fourth-order valence-electron chi connectivity index (χ4n) is 2.46. The molecule has 7 heteroatoms. The maximum atomic E-state index is 12.9. The SMILES string of the molecule is CN1C(=S)N(c2cc(Cl)cc(Cl)c2)C(=O)/C1=C/c1ccc(C#N)cc1. The number of benzene rings is 2. The Morgan fingerprint density at radius 2 is 1.72 bits per heavy atom. The van der Waals surface area contributed by atoms with Gasteiger partial charge in [-0.1, -0.05) is 35.3 Å². The van der Waals surface area contributed by atoms with Crippen LogP contribution in [0.25, 0.3) is 6.08 Å². The first-order valence-electron chi connectivity index (χ1n) is 7.21. The van der Waals surface area contributed by atoms with E-state index in [1.54, 1.807) is 60.5 Å². The highest BCUT2D eigenvalue weighted by Gasteiger charge is 2.37. The zero-order chi connectivity index (χ0) is 18.1. The molecule has 3 rings (SSSR count). The molecule has 1 saturated heterocycles. The van der Waals surface area contributed by atoms with E-state index < -0.39 is 0 Å². The van der Waals surface area contributed by atoms with Crippen molar-refractivity contribution in [3.05, 3.63) is 69.3 Å². The smallest absolute Gasteiger partial charge is 0.281 e. The average molecular weight is 388 g/mol. The van der Waals surface area contributed by atoms with E-state index in [-0.39, 0.29) is 5.91 Å². The number of nitrogens with zero attached hydrogens (tertiary/aromatic N) is 3. The van der Waals surface area contributed by atoms with E-state index in [1.165, 1.54) is 4.90 Å². The number of amides is 1. The van der Waals surface area contributed by atoms with Crippen LogP contribution in [0.1, 0.15) is 11.1 Å². The molecule has 1 aliphatic heterocycles. The molecule has 0 atom stereocenters. The number of halogens is 2. The predicted octanol–water partition coefficient (Wildman–Crippen LogP) is 4.47. The molecule has 0 aromatic heterocycles. The molecule has 0 bridgehead atoms. The van der Waals surface area contributed by atoms with Gasteiger partial charge < -0.3 is 4.90 Å². The zero-order valence-electron chi connectivity index (χ0n) is 13.0. The first-order chi connectivity index (χ1) is 11.9. The summed E-state index contributed by atoms with van der Waals surface area (Å²) in [6, 6.07) is 13.9. The molecule has 0 saturated carbocycles. The van der Waals surface area contributed by atoms with Gasteiger partial charge >= 0.3 is 0 Å². The van der Waals surface area contributed by atoms with Crippen LogP contribution in [-0.2, 0) is 4.79 Å². The van der Waals surface area contributed by atoms with E-state index in [0.717, 1.165) is 5.56 Å². The van der Waals surface area contributed by atoms with Crippen molar-refractivity contribution in [1.82, 2.24) is 4.90 Å². The van der Waals surface area contributed by atoms with E-state index in [9.17, 15) is 4.79 Å². The lowest BCUT2D eigenvalue weighted by Crippen LogP contribution is -2.31. The molecule has 0 spiro atoms. The Morgan fingerprint density at radius 1 is 1.12 bits per heavy atom. The number of thiocarbonyl (C=S) groups is 1. The van der Waals surface area contributed by atoms with Crippen LogP contribution in [0.3, 0.4) is 0 Å². The molecule has 0 radical (unpaired) electrons. The van der Waals surface area contributed by atoms with Gasteiger partial charge in [0.15, 0.2) is 5.11 Å². The molecule has 1 amide bonds. The second-order valence-corrected chi connectivity index (χ2v) is 6.61. The van der Waals surface area contributed by atoms with Gasteiger partial charge in [-0.25, -0.2) is 0 Å². The fraction of sp³-hybridized carbons (Fsp3) is 0.0556. The van der Waals surface area contributed by atoms with Gasteiger partial charge in [-0.05, 0) is 54.2 Å². The molecule has 1 aliphatic rings. The van der Waals surface area contributed by atoms with E-state index in [2.05, 4.69) is 6.07 Å². The van der Waals surface area contributed by atoms with Gasteiger partial charge in [0, 0.05) is 17.1 Å². The molecule has 124 valence electrons. The quantitative estimate of drug-likeness (QED) is 0.563. The monoisotopic (exact) mass is 387 g/mol. The highest BCUT2D eigenvalue weighted by molar-refractivity contribution is 7.80. The Labute approximate surface area is 160 Å². The van der Waals surface area contributed by atoms with Crippen LogP contribution in [0.4, 0.5) is 5.69 Å². The molecular formula is C18H11Cl2N3OS. The number of carbonyl (C=O) groups is 1. The summed E-state index contributed by atoms with van der Waals surface area (Å²) in [5, 5.41) is 10.0. The zero-order valence-corrected chi connectivity index (χ0v) is 15.4. The van der Waals surface area contributed by atoms with Gasteiger partial charge in [0.25, 0.3) is 5.91 Å². The summed E-state index contributed by atoms with van der Waals surface area (Å²) in [5.74, 6) is -0.268. The lowest BCUT2D eigenvalue weighted by atomic mass is 10.1. The minimum absolute atomic E-state index is 0.268. The fourth-order valence-corrected chi connectivity index (χ4v) is 3.27. The standard InChI is InChI=1S/C18H11Cl2N3OS/c1-22-16(6-11-2-4-12(10-21)5-3-11)17(24)23(18(22)25)15-8-13(19)7-14(20)9-15/h2-9H,1H3/b16-6-. The predicted molar refractivity (Wildman–Crippen MR) is 103 cm³/mol.